The van der Waals surface area contributed by atoms with Crippen LogP contribution < -0.4 is 0 Å². The minimum Gasteiger partial charge on any atom is -0.463 e. The van der Waals surface area contributed by atoms with Gasteiger partial charge in [0.1, 0.15) is 6.61 Å². The number of esters is 2. The highest BCUT2D eigenvalue weighted by molar-refractivity contribution is 6.27. The average molecular weight is 978 g/mol. The summed E-state index contributed by atoms with van der Waals surface area (Å²) in [5, 5.41) is 92.6. The molecule has 0 aromatic heterocycles. The maximum absolute atomic E-state index is 12.1. The third-order valence-electron chi connectivity index (χ3n) is 10.3. The van der Waals surface area contributed by atoms with E-state index in [0.29, 0.717) is 24.3 Å². The van der Waals surface area contributed by atoms with Gasteiger partial charge in [-0.05, 0) is 45.2 Å². The fourth-order valence-corrected chi connectivity index (χ4v) is 7.54. The Labute approximate surface area is 389 Å². The minimum atomic E-state index is -1.10. The number of carbonyl (C=O) groups is 2. The summed E-state index contributed by atoms with van der Waals surface area (Å²) < 4.78 is 15.4. The van der Waals surface area contributed by atoms with E-state index in [-0.39, 0.29) is 69.3 Å². The van der Waals surface area contributed by atoms with Gasteiger partial charge in [-0.1, -0.05) is 6.92 Å². The molecule has 2 aliphatic rings. The molecule has 4 aromatic carbocycles. The highest BCUT2D eigenvalue weighted by Gasteiger charge is 2.44. The molecule has 0 heterocycles. The maximum atomic E-state index is 12.1. The Morgan fingerprint density at radius 1 is 0.514 bits per heavy atom. The molecule has 0 N–H and O–H groups in total. The molecule has 0 saturated heterocycles. The number of nitro groups is 8. The van der Waals surface area contributed by atoms with Gasteiger partial charge in [-0.2, -0.15) is 0 Å². The van der Waals surface area contributed by atoms with Gasteiger partial charge >= 0.3 is 11.9 Å². The van der Waals surface area contributed by atoms with Gasteiger partial charge in [-0.3, -0.25) is 90.7 Å². The van der Waals surface area contributed by atoms with Crippen molar-refractivity contribution in [1.82, 2.24) is 0 Å². The van der Waals surface area contributed by atoms with Crippen LogP contribution in [0, 0.1) is 86.8 Å². The zero-order valence-corrected chi connectivity index (χ0v) is 36.9. The van der Waals surface area contributed by atoms with E-state index >= 15 is 0 Å². The molecule has 0 bridgehead atoms. The first-order valence-electron chi connectivity index (χ1n) is 20.2. The monoisotopic (exact) mass is 977 g/mol. The van der Waals surface area contributed by atoms with Crippen LogP contribution in [0.15, 0.2) is 53.5 Å². The molecule has 0 saturated carbocycles. The van der Waals surface area contributed by atoms with Crippen LogP contribution in [0.5, 0.6) is 0 Å². The van der Waals surface area contributed by atoms with Gasteiger partial charge in [0.2, 0.25) is 0 Å². The maximum Gasteiger partial charge on any atom is 0.332 e. The third-order valence-corrected chi connectivity index (χ3v) is 10.3. The number of ether oxygens (including phenoxy) is 3. The number of carbonyl (C=O) groups excluding carboxylic acids is 2. The molecule has 1 atom stereocenters. The predicted octanol–water partition coefficient (Wildman–Crippen LogP) is 7.51. The molecule has 30 heteroatoms. The lowest BCUT2D eigenvalue weighted by Crippen LogP contribution is -2.19. The number of rotatable bonds is 18. The molecule has 0 fully saturated rings. The zero-order valence-electron chi connectivity index (χ0n) is 36.9. The van der Waals surface area contributed by atoms with E-state index in [1.54, 1.807) is 34.6 Å². The SMILES string of the molecule is CC(C)OC(=O)C(C)CCN=C1c2cc([N+](=O)[O-])cc([N+](=O)[O-])c2-c2c1cc([N+](=O)[O-])cc2[N+](=O)[O-].CC(C)OC(=O)COCC1c2cc([N+](=O)[O-])cc([N+](=O)[O-])c2-c2c1cc([N+](=O)[O-])cc2[N+](=O)[O-]. The van der Waals surface area contributed by atoms with Gasteiger partial charge < -0.3 is 14.2 Å². The Kier molecular flexibility index (Phi) is 15.2. The van der Waals surface area contributed by atoms with Gasteiger partial charge in [0.05, 0.1) is 116 Å². The number of aliphatic imine (C=N–C) groups is 1. The summed E-state index contributed by atoms with van der Waals surface area (Å²) in [7, 11) is 0. The van der Waals surface area contributed by atoms with Gasteiger partial charge in [0, 0.05) is 47.9 Å². The summed E-state index contributed by atoms with van der Waals surface area (Å²) >= 11 is 0. The van der Waals surface area contributed by atoms with Gasteiger partial charge in [0.25, 0.3) is 45.5 Å². The lowest BCUT2D eigenvalue weighted by atomic mass is 9.96. The highest BCUT2D eigenvalue weighted by atomic mass is 16.7. The minimum absolute atomic E-state index is 0.0586. The lowest BCUT2D eigenvalue weighted by molar-refractivity contribution is -0.395. The first-order chi connectivity index (χ1) is 32.7. The molecule has 6 rings (SSSR count). The van der Waals surface area contributed by atoms with E-state index in [2.05, 4.69) is 4.99 Å². The normalized spacial score (nSPS) is 12.4. The second kappa shape index (κ2) is 20.7. The molecular weight excluding hydrogens is 942 g/mol. The molecule has 30 nitrogen and oxygen atoms in total. The van der Waals surface area contributed by atoms with Crippen molar-refractivity contribution >= 4 is 63.1 Å². The van der Waals surface area contributed by atoms with Crippen molar-refractivity contribution in [2.75, 3.05) is 19.8 Å². The van der Waals surface area contributed by atoms with Crippen LogP contribution in [-0.4, -0.2) is 89.0 Å². The van der Waals surface area contributed by atoms with Crippen molar-refractivity contribution in [1.29, 1.82) is 0 Å². The number of fused-ring (bicyclic) bond motifs is 6. The highest BCUT2D eigenvalue weighted by Crippen LogP contribution is 2.55. The Morgan fingerprint density at radius 3 is 1.21 bits per heavy atom. The summed E-state index contributed by atoms with van der Waals surface area (Å²) in [5.41, 5.74) is -7.41. The molecule has 70 heavy (non-hydrogen) atoms. The van der Waals surface area contributed by atoms with Crippen molar-refractivity contribution in [2.45, 2.75) is 59.2 Å². The number of non-ortho nitro benzene ring substituents is 4. The Balaban J connectivity index is 0.000000261. The van der Waals surface area contributed by atoms with Crippen LogP contribution in [-0.2, 0) is 23.8 Å². The second-order valence-corrected chi connectivity index (χ2v) is 15.7. The summed E-state index contributed by atoms with van der Waals surface area (Å²) in [5.74, 6) is -2.93. The Bertz CT molecular complexity index is 2820. The van der Waals surface area contributed by atoms with Crippen LogP contribution in [0.3, 0.4) is 0 Å². The largest absolute Gasteiger partial charge is 0.463 e. The second-order valence-electron chi connectivity index (χ2n) is 15.7. The number of benzene rings is 4. The number of nitrogens with zero attached hydrogens (tertiary/aromatic N) is 9. The summed E-state index contributed by atoms with van der Waals surface area (Å²) in [6, 6.07) is 6.62. The molecule has 366 valence electrons. The van der Waals surface area contributed by atoms with Crippen molar-refractivity contribution in [3.8, 4) is 22.3 Å². The number of nitro benzene ring substituents is 8. The third kappa shape index (κ3) is 10.8. The smallest absolute Gasteiger partial charge is 0.332 e. The van der Waals surface area contributed by atoms with E-state index in [0.717, 1.165) is 24.3 Å². The van der Waals surface area contributed by atoms with E-state index in [1.165, 1.54) is 0 Å². The van der Waals surface area contributed by atoms with E-state index in [9.17, 15) is 90.5 Å². The van der Waals surface area contributed by atoms with Crippen molar-refractivity contribution in [3.63, 3.8) is 0 Å². The molecule has 0 aliphatic heterocycles. The van der Waals surface area contributed by atoms with Gasteiger partial charge in [0.15, 0.2) is 0 Å². The fourth-order valence-electron chi connectivity index (χ4n) is 7.54. The first kappa shape index (κ1) is 51.6. The fraction of sp³-hybridized carbons (Fsp3) is 0.325. The molecule has 1 unspecified atom stereocenters. The van der Waals surface area contributed by atoms with Crippen LogP contribution in [0.25, 0.3) is 22.3 Å². The van der Waals surface area contributed by atoms with Crippen LogP contribution in [0.1, 0.15) is 69.2 Å². The molecule has 0 spiro atoms. The summed E-state index contributed by atoms with van der Waals surface area (Å²) in [6.07, 6.45) is -0.630. The zero-order chi connectivity index (χ0) is 52.2. The summed E-state index contributed by atoms with van der Waals surface area (Å²) in [4.78, 5) is 114. The molecule has 0 radical (unpaired) electrons. The molecule has 4 aromatic rings. The van der Waals surface area contributed by atoms with E-state index in [4.69, 9.17) is 14.2 Å². The van der Waals surface area contributed by atoms with E-state index in [1.807, 2.05) is 0 Å². The van der Waals surface area contributed by atoms with Gasteiger partial charge in [-0.15, -0.1) is 0 Å². The topological polar surface area (TPSA) is 419 Å². The standard InChI is InChI=1S/C21H19N5O10.C19H16N4O11/c1-10(2)36-21(27)11(3)4-5-22-20-14-6-12(23(28)29)8-16(25(32)33)18(14)19-15(20)7-13(24(30)31)9-17(19)26(34)35;1-9(2)34-17(24)8-33-7-14-12-3-10(20(25)26)5-15(22(29)30)18(12)19-13(14)4-11(21(27)28)6-16(19)23(31)32/h6-11H,4-5H2,1-3H3;3-6,9,14H,7-8H2,1-2H3. The Morgan fingerprint density at radius 2 is 0.871 bits per heavy atom. The number of hydrogen-bond donors (Lipinski definition) is 0. The first-order valence-corrected chi connectivity index (χ1v) is 20.2. The molecule has 0 amide bonds. The van der Waals surface area contributed by atoms with Crippen molar-refractivity contribution in [3.05, 3.63) is 152 Å². The van der Waals surface area contributed by atoms with Gasteiger partial charge in [-0.25, -0.2) is 4.79 Å². The van der Waals surface area contributed by atoms with Crippen molar-refractivity contribution in [2.24, 2.45) is 10.9 Å². The van der Waals surface area contributed by atoms with Crippen molar-refractivity contribution < 1.29 is 63.2 Å². The quantitative estimate of drug-likeness (QED) is 0.0465. The predicted molar refractivity (Wildman–Crippen MR) is 236 cm³/mol. The summed E-state index contributed by atoms with van der Waals surface area (Å²) in [6.45, 7) is 7.13. The Hall–Kier alpha value is -9.35. The van der Waals surface area contributed by atoms with E-state index < -0.39 is 128 Å². The molecular formula is C40H35N9O21. The van der Waals surface area contributed by atoms with Crippen LogP contribution >= 0.6 is 0 Å². The number of hydrogen-bond acceptors (Lipinski definition) is 22. The average Bonchev–Trinajstić information content (AvgIpc) is 3.76. The lowest BCUT2D eigenvalue weighted by Gasteiger charge is -2.14. The van der Waals surface area contributed by atoms with Crippen LogP contribution in [0.2, 0.25) is 0 Å². The van der Waals surface area contributed by atoms with Crippen LogP contribution in [0.4, 0.5) is 45.5 Å². The molecule has 2 aliphatic carbocycles.